The van der Waals surface area contributed by atoms with Gasteiger partial charge in [0.25, 0.3) is 0 Å². The molecular formula is C120H84N4. The number of anilines is 6. The number of aromatic nitrogens is 2. The minimum Gasteiger partial charge on any atom is -0.310 e. The Kier molecular flexibility index (Phi) is 8.36. The molecule has 0 bridgehead atoms. The molecule has 0 unspecified atom stereocenters. The first kappa shape index (κ1) is 30.7. The van der Waals surface area contributed by atoms with Crippen LogP contribution in [0.4, 0.5) is 34.1 Å². The lowest BCUT2D eigenvalue weighted by molar-refractivity contribution is 1.18. The lowest BCUT2D eigenvalue weighted by Gasteiger charge is -2.26. The highest BCUT2D eigenvalue weighted by Crippen LogP contribution is 2.46. The van der Waals surface area contributed by atoms with Gasteiger partial charge in [-0.1, -0.05) is 375 Å². The van der Waals surface area contributed by atoms with Crippen LogP contribution in [0.25, 0.3) is 166 Å². The predicted molar refractivity (Wildman–Crippen MR) is 525 cm³/mol. The van der Waals surface area contributed by atoms with Gasteiger partial charge in [0.05, 0.1) is 121 Å². The van der Waals surface area contributed by atoms with Crippen molar-refractivity contribution in [3.63, 3.8) is 0 Å². The molecule has 0 radical (unpaired) electrons. The van der Waals surface area contributed by atoms with E-state index in [2.05, 4.69) is 0 Å². The SMILES string of the molecule is [2H]c1c([2H])c([2H])c(-c2c([2H])c([2H])c(-c3c([2H])c([2H])c(N(c4c([2H])c([2H])c(-c5c([2H])c([2H])c([2H])c([2H])c5-c5c([2H])c([2H])c([2H])c([2H])c5[2H])c([2H])c4[2H])c4c([2H])c([2H])c([2H])c(-c5c([2H])c([2H])c6c(c5[2H])c5c([2H])c([2H])c([2H])c([2H])c5n6-c5c([2H])c([2H])c([2H])c([2H])c5[2H])c4[2H])c([2H])c3[2H])c([2H])c2[2H])c([2H])c1[2H].[2H]c1c([2H])c([2H])c(-c2c([2H])c([2H])c(-c3c([2H])c([2H])c(N(c4c([2H])c([2H])c(-c5c([2H])c([2H])c([2H])c([2H])c5-c5c([2H])c([2H])c([2H])c([2H])c5[2H])c([2H])c4[2H])c4c([2H])c([2H])c([2H])c(-c5ccc6c(c5)c5ccccc5n6-c5ccccc5)c4[2H])c([2H])c3[2H])c([2H])c2[2H])c([2H])c1[2H]. The molecular weight excluding hydrogens is 1500 g/mol. The smallest absolute Gasteiger partial charge is 0.0651 e. The van der Waals surface area contributed by atoms with Crippen LogP contribution in [0.1, 0.15) is 98.7 Å². The molecule has 22 rings (SSSR count). The van der Waals surface area contributed by atoms with E-state index in [1.165, 1.54) is 6.07 Å². The Morgan fingerprint density at radius 1 is 0.161 bits per heavy atom. The van der Waals surface area contributed by atoms with Crippen molar-refractivity contribution < 1.29 is 98.7 Å². The average molecular weight is 1650 g/mol. The standard InChI is InChI=1S/2C60H42N2/c2*1-4-15-43(16-5-1)44-27-29-45(30-28-44)46-31-36-52(37-32-46)61(53-38-33-48(34-39-53)56-24-11-10-23-55(56)47-17-6-2-7-18-47)54-22-14-19-49(41-54)50-35-40-60-58(42-50)57-25-12-13-26-59(57)62(60)51-20-8-3-9-21-51/h2*1-42H/i1D,2D,3D,4D,5D,6D,7D,8D,9D,10D,11D,12D,13D,14D,15D,16D,17D,18D,19D,20D,21D,22D,23D,24D,25D,26D,27D,28D,29D,30D,31D,32D,33D,34D,35D,36D,37D,38D,39D,40D,41D,42D;1D,2D,4D,5D,6D,7D,10D,11D,14D,15D,16D,17D,18D,19D,22D,23D,24D,27D,28D,29D,30D,31D,32D,33D,34D,36D,37D,38D,39D,41D. The van der Waals surface area contributed by atoms with Gasteiger partial charge in [0.15, 0.2) is 0 Å². The van der Waals surface area contributed by atoms with Gasteiger partial charge in [-0.15, -0.1) is 0 Å². The normalized spacial score (nSPS) is 19.4. The molecule has 2 aromatic heterocycles. The van der Waals surface area contributed by atoms with Crippen molar-refractivity contribution in [3.05, 3.63) is 508 Å². The third-order valence-electron chi connectivity index (χ3n) is 18.7. The number of nitrogens with zero attached hydrogens (tertiary/aromatic N) is 4. The Bertz CT molecular complexity index is 12000. The molecule has 0 fully saturated rings. The fourth-order valence-electron chi connectivity index (χ4n) is 13.2. The van der Waals surface area contributed by atoms with Crippen LogP contribution >= 0.6 is 0 Å². The number of rotatable bonds is 18. The van der Waals surface area contributed by atoms with Crippen LogP contribution in [0, 0.1) is 0 Å². The van der Waals surface area contributed by atoms with Crippen LogP contribution in [0.5, 0.6) is 0 Å². The maximum atomic E-state index is 10.2. The molecule has 0 atom stereocenters. The monoisotopic (exact) mass is 1650 g/mol. The molecule has 0 aliphatic rings. The molecule has 0 aliphatic heterocycles. The van der Waals surface area contributed by atoms with Gasteiger partial charge < -0.3 is 18.9 Å². The van der Waals surface area contributed by atoms with Crippen molar-refractivity contribution >= 4 is 77.7 Å². The number of hydrogen-bond acceptors (Lipinski definition) is 2. The zero-order chi connectivity index (χ0) is 145. The van der Waals surface area contributed by atoms with Crippen LogP contribution in [0.3, 0.4) is 0 Å². The molecule has 4 heteroatoms. The minimum absolute atomic E-state index is 0.0526. The van der Waals surface area contributed by atoms with Gasteiger partial charge in [0, 0.05) is 67.0 Å². The molecule has 584 valence electrons. The molecule has 0 amide bonds. The fraction of sp³-hybridized carbons (Fsp3) is 0. The van der Waals surface area contributed by atoms with Gasteiger partial charge in [-0.3, -0.25) is 0 Å². The van der Waals surface area contributed by atoms with Gasteiger partial charge in [-0.25, -0.2) is 0 Å². The average Bonchev–Trinajstić information content (AvgIpc) is 1.51. The van der Waals surface area contributed by atoms with Crippen molar-refractivity contribution in [2.24, 2.45) is 0 Å². The number of para-hydroxylation sites is 4. The molecule has 2 heterocycles. The summed E-state index contributed by atoms with van der Waals surface area (Å²) in [5, 5.41) is -0.302. The van der Waals surface area contributed by atoms with E-state index in [9.17, 15) is 46.6 Å². The van der Waals surface area contributed by atoms with Crippen molar-refractivity contribution in [1.82, 2.24) is 9.13 Å². The van der Waals surface area contributed by atoms with Gasteiger partial charge in [-0.2, -0.15) is 0 Å². The largest absolute Gasteiger partial charge is 0.310 e. The Hall–Kier alpha value is -16.4. The number of fused-ring (bicyclic) bond motifs is 6. The summed E-state index contributed by atoms with van der Waals surface area (Å²) in [4.78, 5) is 0.565. The zero-order valence-corrected chi connectivity index (χ0v) is 62.7. The molecule has 20 aromatic carbocycles. The van der Waals surface area contributed by atoms with Crippen LogP contribution < -0.4 is 9.80 Å². The van der Waals surface area contributed by atoms with E-state index >= 15 is 0 Å². The lowest BCUT2D eigenvalue weighted by atomic mass is 9.94. The van der Waals surface area contributed by atoms with E-state index in [0.29, 0.717) is 25.8 Å². The summed E-state index contributed by atoms with van der Waals surface area (Å²) < 4.78 is 657. The molecule has 0 spiro atoms. The summed E-state index contributed by atoms with van der Waals surface area (Å²) in [5.74, 6) is 0. The minimum atomic E-state index is -1.52. The van der Waals surface area contributed by atoms with Crippen molar-refractivity contribution in [1.29, 1.82) is 0 Å². The maximum absolute atomic E-state index is 10.2. The molecule has 124 heavy (non-hydrogen) atoms. The lowest BCUT2D eigenvalue weighted by Crippen LogP contribution is -2.10. The topological polar surface area (TPSA) is 16.3 Å². The summed E-state index contributed by atoms with van der Waals surface area (Å²) in [6.07, 6.45) is 0. The summed E-state index contributed by atoms with van der Waals surface area (Å²) in [5.41, 5.74) is -25.5. The predicted octanol–water partition coefficient (Wildman–Crippen LogP) is 33.2. The summed E-state index contributed by atoms with van der Waals surface area (Å²) in [7, 11) is 0. The first-order chi connectivity index (χ1) is 91.5. The van der Waals surface area contributed by atoms with Gasteiger partial charge >= 0.3 is 0 Å². The second kappa shape index (κ2) is 33.8. The van der Waals surface area contributed by atoms with Gasteiger partial charge in [-0.05, 0) is 244 Å². The zero-order valence-electron chi connectivity index (χ0n) is 135. The first-order valence-electron chi connectivity index (χ1n) is 72.7. The second-order valence-corrected chi connectivity index (χ2v) is 25.9. The van der Waals surface area contributed by atoms with Crippen molar-refractivity contribution in [2.45, 2.75) is 0 Å². The van der Waals surface area contributed by atoms with E-state index in [1.54, 1.807) is 18.2 Å². The van der Waals surface area contributed by atoms with Crippen molar-refractivity contribution in [3.8, 4) is 123 Å². The summed E-state index contributed by atoms with van der Waals surface area (Å²) in [6.45, 7) is 0. The maximum Gasteiger partial charge on any atom is 0.0651 e. The van der Waals surface area contributed by atoms with Crippen LogP contribution in [0.2, 0.25) is 0 Å². The van der Waals surface area contributed by atoms with Crippen molar-refractivity contribution in [2.75, 3.05) is 9.80 Å². The third-order valence-corrected chi connectivity index (χ3v) is 18.7. The Labute approximate surface area is 825 Å². The van der Waals surface area contributed by atoms with Gasteiger partial charge in [0.1, 0.15) is 0 Å². The quantitative estimate of drug-likeness (QED) is 0.0851. The Morgan fingerprint density at radius 3 is 0.935 bits per heavy atom. The van der Waals surface area contributed by atoms with E-state index in [4.69, 9.17) is 52.1 Å². The van der Waals surface area contributed by atoms with E-state index in [1.807, 2.05) is 53.1 Å². The highest BCUT2D eigenvalue weighted by Gasteiger charge is 2.22. The number of hydrogen-bond donors (Lipinski definition) is 0. The molecule has 0 N–H and O–H groups in total. The highest BCUT2D eigenvalue weighted by molar-refractivity contribution is 6.12. The Morgan fingerprint density at radius 2 is 0.476 bits per heavy atom. The van der Waals surface area contributed by atoms with E-state index in [0.717, 1.165) is 11.2 Å². The summed E-state index contributed by atoms with van der Waals surface area (Å²) in [6, 6.07) is -59.5. The molecule has 0 saturated heterocycles. The molecule has 22 aromatic rings. The van der Waals surface area contributed by atoms with Crippen LogP contribution in [-0.4, -0.2) is 9.13 Å². The summed E-state index contributed by atoms with van der Waals surface area (Å²) >= 11 is 0. The molecule has 0 aliphatic carbocycles. The molecule has 0 saturated carbocycles. The second-order valence-electron chi connectivity index (χ2n) is 25.9. The molecule has 4 nitrogen and oxygen atoms in total. The third kappa shape index (κ3) is 15.0. The van der Waals surface area contributed by atoms with E-state index < -0.39 is 602 Å². The van der Waals surface area contributed by atoms with E-state index in [-0.39, 0.29) is 10.5 Å². The first-order valence-corrected chi connectivity index (χ1v) is 36.7. The Balaban J connectivity index is 0.000000218. The number of benzene rings is 20. The van der Waals surface area contributed by atoms with Gasteiger partial charge in [0.2, 0.25) is 0 Å². The van der Waals surface area contributed by atoms with Crippen LogP contribution in [-0.2, 0) is 0 Å². The van der Waals surface area contributed by atoms with Crippen LogP contribution in [0.15, 0.2) is 508 Å². The highest BCUT2D eigenvalue weighted by atomic mass is 15.1. The fourth-order valence-corrected chi connectivity index (χ4v) is 13.2.